The number of thioether (sulfide) groups is 1. The summed E-state index contributed by atoms with van der Waals surface area (Å²) in [4.78, 5) is 43.5. The zero-order valence-electron chi connectivity index (χ0n) is 14.6. The van der Waals surface area contributed by atoms with Gasteiger partial charge in [-0.05, 0) is 42.0 Å². The van der Waals surface area contributed by atoms with Crippen LogP contribution in [0, 0.1) is 5.92 Å². The highest BCUT2D eigenvalue weighted by molar-refractivity contribution is 9.10. The first-order valence-electron chi connectivity index (χ1n) is 8.72. The van der Waals surface area contributed by atoms with Crippen molar-refractivity contribution in [2.75, 3.05) is 4.90 Å². The van der Waals surface area contributed by atoms with Crippen molar-refractivity contribution in [1.29, 1.82) is 0 Å². The maximum Gasteiger partial charge on any atom is 0.305 e. The zero-order valence-corrected chi connectivity index (χ0v) is 18.6. The van der Waals surface area contributed by atoms with Gasteiger partial charge < -0.3 is 4.98 Å². The minimum Gasteiger partial charge on any atom is -0.307 e. The van der Waals surface area contributed by atoms with E-state index < -0.39 is 11.2 Å². The van der Waals surface area contributed by atoms with Crippen molar-refractivity contribution in [3.63, 3.8) is 0 Å². The third-order valence-electron chi connectivity index (χ3n) is 5.12. The summed E-state index contributed by atoms with van der Waals surface area (Å²) in [5, 5.41) is 0.608. The number of aromatic amines is 1. The third kappa shape index (κ3) is 3.09. The van der Waals surface area contributed by atoms with Gasteiger partial charge in [0.1, 0.15) is 5.25 Å². The first-order chi connectivity index (χ1) is 13.9. The van der Waals surface area contributed by atoms with Gasteiger partial charge in [-0.25, -0.2) is 4.90 Å². The van der Waals surface area contributed by atoms with Gasteiger partial charge in [-0.1, -0.05) is 62.8 Å². The predicted molar refractivity (Wildman–Crippen MR) is 118 cm³/mol. The number of imide groups is 1. The lowest BCUT2D eigenvalue weighted by molar-refractivity contribution is -0.122. The fraction of sp³-hybridized carbons (Fsp3) is 0.150. The van der Waals surface area contributed by atoms with Crippen molar-refractivity contribution < 1.29 is 9.59 Å². The molecule has 0 bridgehead atoms. The highest BCUT2D eigenvalue weighted by Gasteiger charge is 2.56. The van der Waals surface area contributed by atoms with E-state index in [0.717, 1.165) is 26.3 Å². The van der Waals surface area contributed by atoms with Gasteiger partial charge in [0.15, 0.2) is 0 Å². The minimum absolute atomic E-state index is 0.183. The molecule has 1 saturated heterocycles. The molecule has 1 N–H and O–H groups in total. The highest BCUT2D eigenvalue weighted by Crippen LogP contribution is 2.53. The number of nitrogens with one attached hydrogen (secondary N) is 1. The number of rotatable bonds is 2. The Bertz CT molecular complexity index is 1210. The third-order valence-corrected chi connectivity index (χ3v) is 8.26. The van der Waals surface area contributed by atoms with E-state index in [-0.39, 0.29) is 22.6 Å². The molecule has 146 valence electrons. The maximum absolute atomic E-state index is 13.5. The molecule has 0 radical (unpaired) electrons. The number of nitrogens with zero attached hydrogens (tertiary/aromatic N) is 1. The summed E-state index contributed by atoms with van der Waals surface area (Å²) in [6.45, 7) is 0. The monoisotopic (exact) mass is 506 g/mol. The van der Waals surface area contributed by atoms with Crippen LogP contribution in [-0.2, 0) is 9.59 Å². The van der Waals surface area contributed by atoms with Crippen LogP contribution in [0.3, 0.4) is 0 Å². The summed E-state index contributed by atoms with van der Waals surface area (Å²) in [7, 11) is 0. The fourth-order valence-electron chi connectivity index (χ4n) is 3.92. The lowest BCUT2D eigenvalue weighted by Gasteiger charge is -2.29. The SMILES string of the molecule is O=C1[C@H]2[C@H](c3cccc(Br)c3)c3sc(=O)[nH]c3S[C@H]2C(=O)N1c1ccc(Cl)cc1. The van der Waals surface area contributed by atoms with Crippen molar-refractivity contribution in [2.24, 2.45) is 5.92 Å². The van der Waals surface area contributed by atoms with E-state index in [2.05, 4.69) is 20.9 Å². The number of hydrogen-bond acceptors (Lipinski definition) is 5. The molecule has 0 spiro atoms. The number of amides is 2. The molecule has 5 rings (SSSR count). The summed E-state index contributed by atoms with van der Waals surface area (Å²) in [5.41, 5.74) is 1.40. The van der Waals surface area contributed by atoms with Gasteiger partial charge in [0.2, 0.25) is 11.8 Å². The van der Waals surface area contributed by atoms with Gasteiger partial charge in [0.05, 0.1) is 16.6 Å². The first-order valence-corrected chi connectivity index (χ1v) is 11.6. The van der Waals surface area contributed by atoms with E-state index >= 15 is 0 Å². The highest BCUT2D eigenvalue weighted by atomic mass is 79.9. The van der Waals surface area contributed by atoms with E-state index in [0.29, 0.717) is 15.7 Å². The summed E-state index contributed by atoms with van der Waals surface area (Å²) in [5.74, 6) is -1.49. The summed E-state index contributed by atoms with van der Waals surface area (Å²) in [6, 6.07) is 14.3. The van der Waals surface area contributed by atoms with Crippen LogP contribution in [0.25, 0.3) is 0 Å². The molecule has 0 aliphatic carbocycles. The number of halogens is 2. The van der Waals surface area contributed by atoms with Crippen molar-refractivity contribution in [1.82, 2.24) is 4.98 Å². The Morgan fingerprint density at radius 1 is 1.03 bits per heavy atom. The minimum atomic E-state index is -0.597. The number of carbonyl (C=O) groups excluding carboxylic acids is 2. The fourth-order valence-corrected chi connectivity index (χ4v) is 6.98. The maximum atomic E-state index is 13.5. The number of carbonyl (C=O) groups is 2. The molecule has 5 nitrogen and oxygen atoms in total. The Hall–Kier alpha value is -1.87. The summed E-state index contributed by atoms with van der Waals surface area (Å²) >= 11 is 11.8. The van der Waals surface area contributed by atoms with Crippen molar-refractivity contribution in [3.05, 3.63) is 78.1 Å². The lowest BCUT2D eigenvalue weighted by atomic mass is 9.83. The van der Waals surface area contributed by atoms with Gasteiger partial charge >= 0.3 is 4.87 Å². The van der Waals surface area contributed by atoms with Crippen LogP contribution in [0.5, 0.6) is 0 Å². The topological polar surface area (TPSA) is 70.2 Å². The Labute approximate surface area is 187 Å². The van der Waals surface area contributed by atoms with E-state index in [1.807, 2.05) is 24.3 Å². The van der Waals surface area contributed by atoms with Crippen LogP contribution in [0.2, 0.25) is 5.02 Å². The largest absolute Gasteiger partial charge is 0.307 e. The molecule has 1 fully saturated rings. The molecule has 3 aromatic rings. The molecule has 29 heavy (non-hydrogen) atoms. The molecule has 2 amide bonds. The summed E-state index contributed by atoms with van der Waals surface area (Å²) in [6.07, 6.45) is 0. The number of benzene rings is 2. The van der Waals surface area contributed by atoms with Gasteiger partial charge in [-0.15, -0.1) is 0 Å². The molecule has 1 aromatic heterocycles. The first kappa shape index (κ1) is 19.1. The van der Waals surface area contributed by atoms with Crippen molar-refractivity contribution in [2.45, 2.75) is 16.2 Å². The number of hydrogen-bond donors (Lipinski definition) is 1. The van der Waals surface area contributed by atoms with Crippen LogP contribution >= 0.6 is 50.6 Å². The van der Waals surface area contributed by atoms with Gasteiger partial charge in [0, 0.05) is 20.3 Å². The molecular weight excluding hydrogens is 496 g/mol. The molecule has 3 heterocycles. The number of thiazole rings is 1. The Morgan fingerprint density at radius 3 is 2.52 bits per heavy atom. The van der Waals surface area contributed by atoms with Crippen molar-refractivity contribution >= 4 is 68.1 Å². The molecule has 2 aliphatic rings. The predicted octanol–water partition coefficient (Wildman–Crippen LogP) is 4.65. The standard InChI is InChI=1S/C20H12BrClN2O3S2/c21-10-3-1-2-9(8-10)13-14-16(28-17-15(13)29-20(27)23-17)19(26)24(18(14)25)12-6-4-11(22)5-7-12/h1-8,13-14,16H,(H,23,27)/t13-,14-,16+/m0/s1. The van der Waals surface area contributed by atoms with Crippen LogP contribution in [0.1, 0.15) is 16.4 Å². The van der Waals surface area contributed by atoms with E-state index in [9.17, 15) is 14.4 Å². The average Bonchev–Trinajstić information content (AvgIpc) is 3.18. The molecule has 9 heteroatoms. The average molecular weight is 508 g/mol. The van der Waals surface area contributed by atoms with Crippen LogP contribution < -0.4 is 9.77 Å². The molecule has 2 aromatic carbocycles. The Balaban J connectivity index is 1.66. The van der Waals surface area contributed by atoms with Gasteiger partial charge in [-0.3, -0.25) is 14.4 Å². The summed E-state index contributed by atoms with van der Waals surface area (Å²) < 4.78 is 0.875. The number of aromatic nitrogens is 1. The second kappa shape index (κ2) is 7.12. The van der Waals surface area contributed by atoms with E-state index in [1.165, 1.54) is 16.7 Å². The second-order valence-electron chi connectivity index (χ2n) is 6.79. The molecule has 2 aliphatic heterocycles. The van der Waals surface area contributed by atoms with Crippen LogP contribution in [-0.4, -0.2) is 22.0 Å². The van der Waals surface area contributed by atoms with Crippen LogP contribution in [0.15, 0.2) is 62.8 Å². The van der Waals surface area contributed by atoms with Gasteiger partial charge in [0.25, 0.3) is 0 Å². The lowest BCUT2D eigenvalue weighted by Crippen LogP contribution is -2.32. The van der Waals surface area contributed by atoms with E-state index in [4.69, 9.17) is 11.6 Å². The van der Waals surface area contributed by atoms with Crippen molar-refractivity contribution in [3.8, 4) is 0 Å². The number of fused-ring (bicyclic) bond motifs is 2. The zero-order chi connectivity index (χ0) is 20.3. The molecule has 0 unspecified atom stereocenters. The second-order valence-corrected chi connectivity index (χ2v) is 10.3. The Kier molecular flexibility index (Phi) is 4.70. The molecule has 0 saturated carbocycles. The van der Waals surface area contributed by atoms with Gasteiger partial charge in [-0.2, -0.15) is 0 Å². The number of anilines is 1. The molecule has 3 atom stereocenters. The number of H-pyrrole nitrogens is 1. The quantitative estimate of drug-likeness (QED) is 0.513. The molecular formula is C20H12BrClN2O3S2. The smallest absolute Gasteiger partial charge is 0.305 e. The normalized spacial score (nSPS) is 23.2. The van der Waals surface area contributed by atoms with E-state index in [1.54, 1.807) is 24.3 Å². The van der Waals surface area contributed by atoms with Crippen LogP contribution in [0.4, 0.5) is 5.69 Å². The Morgan fingerprint density at radius 2 is 1.79 bits per heavy atom.